The van der Waals surface area contributed by atoms with Gasteiger partial charge in [-0.05, 0) is 12.8 Å². The van der Waals surface area contributed by atoms with Crippen LogP contribution >= 0.6 is 0 Å². The van der Waals surface area contributed by atoms with E-state index < -0.39 is 6.10 Å². The van der Waals surface area contributed by atoms with E-state index in [0.717, 1.165) is 5.69 Å². The fourth-order valence-electron chi connectivity index (χ4n) is 1.13. The molecular weight excluding hydrogens is 166 g/mol. The molecule has 0 saturated carbocycles. The zero-order valence-corrected chi connectivity index (χ0v) is 8.36. The number of anilines is 1. The summed E-state index contributed by atoms with van der Waals surface area (Å²) in [5, 5.41) is 13.4. The maximum Gasteiger partial charge on any atom is 0.122 e. The molecule has 0 aliphatic carbocycles. The van der Waals surface area contributed by atoms with E-state index in [4.69, 9.17) is 10.8 Å². The number of rotatable bonds is 3. The molecule has 1 aromatic heterocycles. The third kappa shape index (κ3) is 2.45. The summed E-state index contributed by atoms with van der Waals surface area (Å²) in [6, 6.07) is 1.85. The lowest BCUT2D eigenvalue weighted by atomic mass is 10.1. The lowest BCUT2D eigenvalue weighted by Crippen LogP contribution is -2.15. The summed E-state index contributed by atoms with van der Waals surface area (Å²) in [5.41, 5.74) is 6.69. The molecule has 0 aliphatic rings. The van der Waals surface area contributed by atoms with Gasteiger partial charge in [-0.3, -0.25) is 0 Å². The van der Waals surface area contributed by atoms with E-state index >= 15 is 0 Å². The second-order valence-electron chi connectivity index (χ2n) is 3.68. The largest absolute Gasteiger partial charge is 0.391 e. The molecule has 1 rings (SSSR count). The van der Waals surface area contributed by atoms with Crippen LogP contribution in [-0.4, -0.2) is 21.0 Å². The maximum absolute atomic E-state index is 9.16. The van der Waals surface area contributed by atoms with Crippen LogP contribution in [0.15, 0.2) is 6.07 Å². The first-order valence-electron chi connectivity index (χ1n) is 4.52. The van der Waals surface area contributed by atoms with E-state index in [9.17, 15) is 0 Å². The fourth-order valence-corrected chi connectivity index (χ4v) is 1.13. The van der Waals surface area contributed by atoms with Crippen molar-refractivity contribution in [2.75, 3.05) is 5.73 Å². The molecular formula is C9H17N3O. The van der Waals surface area contributed by atoms with E-state index in [1.807, 2.05) is 6.07 Å². The van der Waals surface area contributed by atoms with Crippen molar-refractivity contribution < 1.29 is 5.11 Å². The molecule has 1 aromatic rings. The number of hydrogen-bond donors (Lipinski definition) is 2. The normalized spacial score (nSPS) is 13.6. The average molecular weight is 183 g/mol. The molecule has 0 radical (unpaired) electrons. The lowest BCUT2D eigenvalue weighted by Gasteiger charge is -2.05. The summed E-state index contributed by atoms with van der Waals surface area (Å²) in [4.78, 5) is 0. The van der Waals surface area contributed by atoms with Crippen LogP contribution in [0.4, 0.5) is 5.82 Å². The summed E-state index contributed by atoms with van der Waals surface area (Å²) < 4.78 is 1.64. The highest BCUT2D eigenvalue weighted by atomic mass is 16.3. The molecule has 1 unspecified atom stereocenters. The smallest absolute Gasteiger partial charge is 0.122 e. The van der Waals surface area contributed by atoms with Crippen LogP contribution in [0.1, 0.15) is 32.4 Å². The molecule has 4 nitrogen and oxygen atoms in total. The first-order valence-corrected chi connectivity index (χ1v) is 4.52. The zero-order valence-electron chi connectivity index (χ0n) is 8.36. The van der Waals surface area contributed by atoms with Gasteiger partial charge in [-0.1, -0.05) is 13.8 Å². The van der Waals surface area contributed by atoms with Gasteiger partial charge in [0.1, 0.15) is 5.82 Å². The van der Waals surface area contributed by atoms with Gasteiger partial charge in [0, 0.05) is 6.07 Å². The van der Waals surface area contributed by atoms with Crippen LogP contribution in [0.2, 0.25) is 0 Å². The van der Waals surface area contributed by atoms with Crippen molar-refractivity contribution in [2.24, 2.45) is 0 Å². The lowest BCUT2D eigenvalue weighted by molar-refractivity contribution is 0.169. The maximum atomic E-state index is 9.16. The molecule has 0 aliphatic heterocycles. The van der Waals surface area contributed by atoms with E-state index in [0.29, 0.717) is 18.3 Å². The second-order valence-corrected chi connectivity index (χ2v) is 3.68. The average Bonchev–Trinajstić information content (AvgIpc) is 2.31. The minimum Gasteiger partial charge on any atom is -0.391 e. The van der Waals surface area contributed by atoms with E-state index in [-0.39, 0.29) is 0 Å². The number of aliphatic hydroxyl groups excluding tert-OH is 1. The van der Waals surface area contributed by atoms with Gasteiger partial charge >= 0.3 is 0 Å². The quantitative estimate of drug-likeness (QED) is 0.734. The third-order valence-electron chi connectivity index (χ3n) is 1.86. The van der Waals surface area contributed by atoms with Gasteiger partial charge in [-0.2, -0.15) is 5.10 Å². The van der Waals surface area contributed by atoms with Crippen LogP contribution in [0.5, 0.6) is 0 Å². The Hall–Kier alpha value is -1.03. The van der Waals surface area contributed by atoms with E-state index in [1.54, 1.807) is 11.6 Å². The van der Waals surface area contributed by atoms with E-state index in [2.05, 4.69) is 18.9 Å². The molecule has 1 heterocycles. The molecule has 0 amide bonds. The summed E-state index contributed by atoms with van der Waals surface area (Å²) >= 11 is 0. The van der Waals surface area contributed by atoms with Gasteiger partial charge in [0.25, 0.3) is 0 Å². The summed E-state index contributed by atoms with van der Waals surface area (Å²) in [5.74, 6) is 0.988. The van der Waals surface area contributed by atoms with Crippen molar-refractivity contribution in [2.45, 2.75) is 39.3 Å². The molecule has 0 spiro atoms. The standard InChI is InChI=1S/C9H17N3O/c1-6(2)8-4-9(10)12(11-8)5-7(3)13/h4,6-7,13H,5,10H2,1-3H3. The Kier molecular flexibility index (Phi) is 2.93. The van der Waals surface area contributed by atoms with Gasteiger partial charge in [0.15, 0.2) is 0 Å². The van der Waals surface area contributed by atoms with Gasteiger partial charge in [-0.15, -0.1) is 0 Å². The van der Waals surface area contributed by atoms with Crippen molar-refractivity contribution >= 4 is 5.82 Å². The fraction of sp³-hybridized carbons (Fsp3) is 0.667. The number of hydrogen-bond acceptors (Lipinski definition) is 3. The van der Waals surface area contributed by atoms with Gasteiger partial charge < -0.3 is 10.8 Å². The molecule has 1 atom stereocenters. The molecule has 0 bridgehead atoms. The Balaban J connectivity index is 2.83. The molecule has 4 heteroatoms. The minimum absolute atomic E-state index is 0.373. The molecule has 13 heavy (non-hydrogen) atoms. The first kappa shape index (κ1) is 10.1. The monoisotopic (exact) mass is 183 g/mol. The number of aromatic nitrogens is 2. The number of aliphatic hydroxyl groups is 1. The molecule has 0 fully saturated rings. The Morgan fingerprint density at radius 3 is 2.54 bits per heavy atom. The van der Waals surface area contributed by atoms with Crippen molar-refractivity contribution in [3.63, 3.8) is 0 Å². The van der Waals surface area contributed by atoms with E-state index in [1.165, 1.54) is 0 Å². The summed E-state index contributed by atoms with van der Waals surface area (Å²) in [6.45, 7) is 6.30. The van der Waals surface area contributed by atoms with Crippen LogP contribution in [-0.2, 0) is 6.54 Å². The highest BCUT2D eigenvalue weighted by Gasteiger charge is 2.09. The predicted octanol–water partition coefficient (Wildman–Crippen LogP) is 0.969. The highest BCUT2D eigenvalue weighted by Crippen LogP contribution is 2.15. The van der Waals surface area contributed by atoms with Crippen LogP contribution in [0.3, 0.4) is 0 Å². The summed E-state index contributed by atoms with van der Waals surface area (Å²) in [7, 11) is 0. The topological polar surface area (TPSA) is 64.1 Å². The first-order chi connectivity index (χ1) is 6.00. The predicted molar refractivity (Wildman–Crippen MR) is 52.4 cm³/mol. The Morgan fingerprint density at radius 1 is 1.54 bits per heavy atom. The van der Waals surface area contributed by atoms with Crippen LogP contribution in [0.25, 0.3) is 0 Å². The molecule has 0 saturated heterocycles. The van der Waals surface area contributed by atoms with Gasteiger partial charge in [-0.25, -0.2) is 4.68 Å². The van der Waals surface area contributed by atoms with Crippen molar-refractivity contribution in [1.82, 2.24) is 9.78 Å². The van der Waals surface area contributed by atoms with Crippen LogP contribution in [0, 0.1) is 0 Å². The van der Waals surface area contributed by atoms with Gasteiger partial charge in [0.2, 0.25) is 0 Å². The SMILES string of the molecule is CC(O)Cn1nc(C(C)C)cc1N. The Labute approximate surface area is 78.4 Å². The van der Waals surface area contributed by atoms with Crippen molar-refractivity contribution in [1.29, 1.82) is 0 Å². The molecule has 3 N–H and O–H groups in total. The molecule has 0 aromatic carbocycles. The number of nitrogens with zero attached hydrogens (tertiary/aromatic N) is 2. The molecule has 74 valence electrons. The number of nitrogens with two attached hydrogens (primary N) is 1. The highest BCUT2D eigenvalue weighted by molar-refractivity contribution is 5.31. The van der Waals surface area contributed by atoms with Crippen molar-refractivity contribution in [3.8, 4) is 0 Å². The Morgan fingerprint density at radius 2 is 2.15 bits per heavy atom. The van der Waals surface area contributed by atoms with Crippen LogP contribution < -0.4 is 5.73 Å². The third-order valence-corrected chi connectivity index (χ3v) is 1.86. The van der Waals surface area contributed by atoms with Crippen molar-refractivity contribution in [3.05, 3.63) is 11.8 Å². The second kappa shape index (κ2) is 3.79. The zero-order chi connectivity index (χ0) is 10.0. The Bertz CT molecular complexity index is 278. The summed E-state index contributed by atoms with van der Waals surface area (Å²) in [6.07, 6.45) is -0.415. The van der Waals surface area contributed by atoms with Gasteiger partial charge in [0.05, 0.1) is 18.3 Å². The number of nitrogen functional groups attached to an aromatic ring is 1. The minimum atomic E-state index is -0.415.